The average Bonchev–Trinajstić information content (AvgIpc) is 3.39. The second kappa shape index (κ2) is 9.70. The van der Waals surface area contributed by atoms with E-state index in [4.69, 9.17) is 9.26 Å². The molecule has 0 spiro atoms. The highest BCUT2D eigenvalue weighted by molar-refractivity contribution is 5.80. The number of carbonyl (C=O) groups excluding carboxylic acids is 1. The van der Waals surface area contributed by atoms with Crippen molar-refractivity contribution in [3.63, 3.8) is 0 Å². The molecule has 0 N–H and O–H groups in total. The van der Waals surface area contributed by atoms with Gasteiger partial charge in [-0.2, -0.15) is 4.98 Å². The van der Waals surface area contributed by atoms with Gasteiger partial charge in [0.1, 0.15) is 11.6 Å². The van der Waals surface area contributed by atoms with E-state index < -0.39 is 0 Å². The van der Waals surface area contributed by atoms with Crippen LogP contribution < -0.4 is 14.5 Å². The molecular formula is C25H28FN5O3. The fourth-order valence-corrected chi connectivity index (χ4v) is 4.65. The molecule has 5 rings (SSSR count). The molecule has 1 atom stereocenters. The Balaban J connectivity index is 1.19. The maximum absolute atomic E-state index is 13.3. The minimum atomic E-state index is -0.239. The minimum Gasteiger partial charge on any atom is -0.497 e. The van der Waals surface area contributed by atoms with Crippen molar-refractivity contribution >= 4 is 17.6 Å². The summed E-state index contributed by atoms with van der Waals surface area (Å²) >= 11 is 0. The van der Waals surface area contributed by atoms with Gasteiger partial charge >= 0.3 is 6.01 Å². The van der Waals surface area contributed by atoms with Crippen LogP contribution in [0.4, 0.5) is 16.1 Å². The van der Waals surface area contributed by atoms with Crippen LogP contribution in [0.2, 0.25) is 0 Å². The highest BCUT2D eigenvalue weighted by atomic mass is 19.1. The van der Waals surface area contributed by atoms with E-state index >= 15 is 0 Å². The fraction of sp³-hybridized carbons (Fsp3) is 0.400. The molecule has 1 amide bonds. The van der Waals surface area contributed by atoms with Gasteiger partial charge in [-0.3, -0.25) is 4.79 Å². The van der Waals surface area contributed by atoms with E-state index in [1.54, 1.807) is 19.2 Å². The van der Waals surface area contributed by atoms with E-state index in [0.29, 0.717) is 31.5 Å². The van der Waals surface area contributed by atoms with Crippen LogP contribution in [0, 0.1) is 11.7 Å². The molecular weight excluding hydrogens is 437 g/mol. The summed E-state index contributed by atoms with van der Waals surface area (Å²) in [6, 6.07) is 14.5. The van der Waals surface area contributed by atoms with E-state index in [2.05, 4.69) is 15.0 Å². The standard InChI is InChI=1S/C25H28FN5O3/c1-33-22-10-4-18(5-11-22)23-27-25(34-28-23)31-12-2-3-19(17-31)24(32)30-15-13-29(14-16-30)21-8-6-20(26)7-9-21/h4-11,19H,2-3,12-17H2,1H3/t19-/m0/s1. The highest BCUT2D eigenvalue weighted by Crippen LogP contribution is 2.27. The van der Waals surface area contributed by atoms with Crippen LogP contribution >= 0.6 is 0 Å². The Morgan fingerprint density at radius 1 is 1.00 bits per heavy atom. The number of nitrogens with zero attached hydrogens (tertiary/aromatic N) is 5. The van der Waals surface area contributed by atoms with Crippen LogP contribution in [-0.2, 0) is 4.79 Å². The zero-order valence-corrected chi connectivity index (χ0v) is 19.2. The summed E-state index contributed by atoms with van der Waals surface area (Å²) in [5.41, 5.74) is 1.83. The summed E-state index contributed by atoms with van der Waals surface area (Å²) in [5.74, 6) is 1.13. The van der Waals surface area contributed by atoms with Crippen LogP contribution in [0.5, 0.6) is 5.75 Å². The molecule has 0 unspecified atom stereocenters. The summed E-state index contributed by atoms with van der Waals surface area (Å²) in [6.45, 7) is 4.16. The van der Waals surface area contributed by atoms with Gasteiger partial charge in [-0.15, -0.1) is 0 Å². The molecule has 178 valence electrons. The van der Waals surface area contributed by atoms with Gasteiger partial charge in [-0.05, 0) is 61.4 Å². The molecule has 0 aliphatic carbocycles. The normalized spacial score (nSPS) is 18.8. The summed E-state index contributed by atoms with van der Waals surface area (Å²) in [6.07, 6.45) is 1.75. The van der Waals surface area contributed by atoms with E-state index in [0.717, 1.165) is 49.5 Å². The number of hydrogen-bond donors (Lipinski definition) is 0. The van der Waals surface area contributed by atoms with Crippen molar-refractivity contribution in [3.8, 4) is 17.1 Å². The lowest BCUT2D eigenvalue weighted by Gasteiger charge is -2.39. The van der Waals surface area contributed by atoms with Gasteiger partial charge in [0.15, 0.2) is 0 Å². The second-order valence-electron chi connectivity index (χ2n) is 8.70. The van der Waals surface area contributed by atoms with Crippen molar-refractivity contribution in [2.24, 2.45) is 5.92 Å². The van der Waals surface area contributed by atoms with Gasteiger partial charge in [0.2, 0.25) is 11.7 Å². The van der Waals surface area contributed by atoms with Crippen molar-refractivity contribution in [2.45, 2.75) is 12.8 Å². The molecule has 1 aromatic heterocycles. The summed E-state index contributed by atoms with van der Waals surface area (Å²) < 4.78 is 23.9. The second-order valence-corrected chi connectivity index (χ2v) is 8.70. The first-order chi connectivity index (χ1) is 16.6. The predicted octanol–water partition coefficient (Wildman–Crippen LogP) is 3.45. The molecule has 0 saturated carbocycles. The topological polar surface area (TPSA) is 74.9 Å². The molecule has 3 aromatic rings. The van der Waals surface area contributed by atoms with Crippen molar-refractivity contribution in [1.82, 2.24) is 15.0 Å². The Hall–Kier alpha value is -3.62. The Morgan fingerprint density at radius 3 is 2.44 bits per heavy atom. The zero-order valence-electron chi connectivity index (χ0n) is 19.2. The number of hydrogen-bond acceptors (Lipinski definition) is 7. The number of carbonyl (C=O) groups is 1. The number of piperazine rings is 1. The smallest absolute Gasteiger partial charge is 0.324 e. The molecule has 34 heavy (non-hydrogen) atoms. The Kier molecular flexibility index (Phi) is 6.33. The number of piperidine rings is 1. The molecule has 3 heterocycles. The Morgan fingerprint density at radius 2 is 1.74 bits per heavy atom. The molecule has 0 radical (unpaired) electrons. The average molecular weight is 466 g/mol. The largest absolute Gasteiger partial charge is 0.497 e. The van der Waals surface area contributed by atoms with Crippen LogP contribution in [-0.4, -0.2) is 67.3 Å². The molecule has 2 saturated heterocycles. The van der Waals surface area contributed by atoms with Gasteiger partial charge < -0.3 is 24.0 Å². The van der Waals surface area contributed by atoms with Crippen LogP contribution in [0.15, 0.2) is 53.1 Å². The van der Waals surface area contributed by atoms with Crippen molar-refractivity contribution in [3.05, 3.63) is 54.3 Å². The maximum Gasteiger partial charge on any atom is 0.324 e. The lowest BCUT2D eigenvalue weighted by Crippen LogP contribution is -2.52. The molecule has 9 heteroatoms. The SMILES string of the molecule is COc1ccc(-c2noc(N3CCC[C@H](C(=O)N4CCN(c5ccc(F)cc5)CC4)C3)n2)cc1. The van der Waals surface area contributed by atoms with Crippen LogP contribution in [0.25, 0.3) is 11.4 Å². The number of aromatic nitrogens is 2. The van der Waals surface area contributed by atoms with Gasteiger partial charge in [0.05, 0.1) is 13.0 Å². The molecule has 2 aliphatic heterocycles. The number of ether oxygens (including phenoxy) is 1. The number of amides is 1. The third kappa shape index (κ3) is 4.69. The number of benzene rings is 2. The van der Waals surface area contributed by atoms with Crippen molar-refractivity contribution in [2.75, 3.05) is 56.2 Å². The summed E-state index contributed by atoms with van der Waals surface area (Å²) in [7, 11) is 1.63. The zero-order chi connectivity index (χ0) is 23.5. The number of rotatable bonds is 5. The van der Waals surface area contributed by atoms with Gasteiger partial charge in [0.25, 0.3) is 0 Å². The molecule has 2 fully saturated rings. The third-order valence-corrected chi connectivity index (χ3v) is 6.59. The summed E-state index contributed by atoms with van der Waals surface area (Å²) in [5, 5.41) is 4.13. The van der Waals surface area contributed by atoms with Gasteiger partial charge in [-0.1, -0.05) is 5.16 Å². The van der Waals surface area contributed by atoms with E-state index in [1.165, 1.54) is 12.1 Å². The predicted molar refractivity (Wildman–Crippen MR) is 126 cm³/mol. The number of methoxy groups -OCH3 is 1. The number of halogens is 1. The van der Waals surface area contributed by atoms with Gasteiger partial charge in [0, 0.05) is 50.5 Å². The first-order valence-electron chi connectivity index (χ1n) is 11.6. The van der Waals surface area contributed by atoms with E-state index in [-0.39, 0.29) is 17.6 Å². The molecule has 2 aromatic carbocycles. The number of anilines is 2. The Labute approximate surface area is 197 Å². The first kappa shape index (κ1) is 22.2. The molecule has 2 aliphatic rings. The maximum atomic E-state index is 13.3. The quantitative estimate of drug-likeness (QED) is 0.571. The Bertz CT molecular complexity index is 1110. The van der Waals surface area contributed by atoms with E-state index in [9.17, 15) is 9.18 Å². The monoisotopic (exact) mass is 465 g/mol. The van der Waals surface area contributed by atoms with Crippen molar-refractivity contribution in [1.29, 1.82) is 0 Å². The first-order valence-corrected chi connectivity index (χ1v) is 11.6. The highest BCUT2D eigenvalue weighted by Gasteiger charge is 2.32. The minimum absolute atomic E-state index is 0.0949. The summed E-state index contributed by atoms with van der Waals surface area (Å²) in [4.78, 5) is 24.0. The molecule has 0 bridgehead atoms. The van der Waals surface area contributed by atoms with E-state index in [1.807, 2.05) is 34.1 Å². The van der Waals surface area contributed by atoms with Crippen molar-refractivity contribution < 1.29 is 18.4 Å². The van der Waals surface area contributed by atoms with Crippen LogP contribution in [0.3, 0.4) is 0 Å². The molecule has 8 nitrogen and oxygen atoms in total. The fourth-order valence-electron chi connectivity index (χ4n) is 4.65. The van der Waals surface area contributed by atoms with Gasteiger partial charge in [-0.25, -0.2) is 4.39 Å². The van der Waals surface area contributed by atoms with Crippen LogP contribution in [0.1, 0.15) is 12.8 Å². The third-order valence-electron chi connectivity index (χ3n) is 6.59. The lowest BCUT2D eigenvalue weighted by molar-refractivity contribution is -0.136. The lowest BCUT2D eigenvalue weighted by atomic mass is 9.96.